The topological polar surface area (TPSA) is 106 Å². The molecule has 1 aromatic heterocycles. The lowest BCUT2D eigenvalue weighted by atomic mass is 10.2. The second-order valence-electron chi connectivity index (χ2n) is 5.53. The van der Waals surface area contributed by atoms with Crippen molar-refractivity contribution in [2.75, 3.05) is 5.32 Å². The Labute approximate surface area is 126 Å². The van der Waals surface area contributed by atoms with Crippen LogP contribution in [-0.2, 0) is 4.74 Å². The van der Waals surface area contributed by atoms with E-state index in [1.54, 1.807) is 45.0 Å². The van der Waals surface area contributed by atoms with E-state index >= 15 is 0 Å². The number of rotatable bonds is 3. The first-order valence-corrected chi connectivity index (χ1v) is 6.51. The van der Waals surface area contributed by atoms with E-state index in [2.05, 4.69) is 15.6 Å². The molecule has 8 heteroatoms. The van der Waals surface area contributed by atoms with E-state index in [4.69, 9.17) is 9.84 Å². The molecule has 0 saturated carbocycles. The molecule has 0 fully saturated rings. The lowest BCUT2D eigenvalue weighted by Gasteiger charge is -2.19. The second-order valence-corrected chi connectivity index (χ2v) is 5.53. The molecule has 0 atom stereocenters. The van der Waals surface area contributed by atoms with Gasteiger partial charge in [-0.3, -0.25) is 5.32 Å². The first-order chi connectivity index (χ1) is 10.2. The van der Waals surface area contributed by atoms with Crippen molar-refractivity contribution in [2.24, 2.45) is 0 Å². The predicted molar refractivity (Wildman–Crippen MR) is 78.2 cm³/mol. The van der Waals surface area contributed by atoms with Crippen molar-refractivity contribution >= 4 is 17.7 Å². The van der Waals surface area contributed by atoms with Gasteiger partial charge in [-0.05, 0) is 39.0 Å². The maximum atomic E-state index is 11.7. The number of ether oxygens (including phenoxy) is 1. The Balaban J connectivity index is 2.16. The van der Waals surface area contributed by atoms with Gasteiger partial charge in [0.1, 0.15) is 5.60 Å². The normalized spacial score (nSPS) is 11.0. The van der Waals surface area contributed by atoms with E-state index in [9.17, 15) is 9.59 Å². The Morgan fingerprint density at radius 3 is 2.64 bits per heavy atom. The van der Waals surface area contributed by atoms with E-state index in [-0.39, 0.29) is 5.69 Å². The molecule has 1 aromatic carbocycles. The van der Waals surface area contributed by atoms with Crippen molar-refractivity contribution in [3.8, 4) is 5.69 Å². The van der Waals surface area contributed by atoms with Crippen molar-refractivity contribution in [3.05, 3.63) is 36.2 Å². The molecule has 116 valence electrons. The van der Waals surface area contributed by atoms with Crippen LogP contribution in [0.3, 0.4) is 0 Å². The molecule has 0 bridgehead atoms. The van der Waals surface area contributed by atoms with Gasteiger partial charge in [-0.25, -0.2) is 14.3 Å². The van der Waals surface area contributed by atoms with Gasteiger partial charge in [0.15, 0.2) is 5.69 Å². The average molecular weight is 304 g/mol. The summed E-state index contributed by atoms with van der Waals surface area (Å²) in [5, 5.41) is 18.7. The zero-order valence-corrected chi connectivity index (χ0v) is 12.4. The SMILES string of the molecule is CC(C)(C)OC(=O)Nc1cccc(-n2cc(C(=O)O)nn2)c1. The van der Waals surface area contributed by atoms with Crippen molar-refractivity contribution in [1.82, 2.24) is 15.0 Å². The van der Waals surface area contributed by atoms with Crippen LogP contribution in [-0.4, -0.2) is 37.8 Å². The number of aromatic nitrogens is 3. The Morgan fingerprint density at radius 1 is 1.32 bits per heavy atom. The Morgan fingerprint density at radius 2 is 2.05 bits per heavy atom. The van der Waals surface area contributed by atoms with Gasteiger partial charge in [0.2, 0.25) is 0 Å². The van der Waals surface area contributed by atoms with Crippen LogP contribution in [0.2, 0.25) is 0 Å². The molecule has 2 rings (SSSR count). The number of nitrogens with zero attached hydrogens (tertiary/aromatic N) is 3. The van der Waals surface area contributed by atoms with Crippen molar-refractivity contribution in [1.29, 1.82) is 0 Å². The number of anilines is 1. The molecule has 22 heavy (non-hydrogen) atoms. The summed E-state index contributed by atoms with van der Waals surface area (Å²) >= 11 is 0. The molecule has 0 radical (unpaired) electrons. The van der Waals surface area contributed by atoms with E-state index in [0.717, 1.165) is 0 Å². The van der Waals surface area contributed by atoms with Crippen LogP contribution in [0.1, 0.15) is 31.3 Å². The zero-order chi connectivity index (χ0) is 16.3. The first kappa shape index (κ1) is 15.5. The minimum absolute atomic E-state index is 0.162. The third kappa shape index (κ3) is 4.05. The molecule has 0 aliphatic rings. The third-order valence-electron chi connectivity index (χ3n) is 2.47. The first-order valence-electron chi connectivity index (χ1n) is 6.51. The maximum absolute atomic E-state index is 11.7. The number of benzene rings is 1. The monoisotopic (exact) mass is 304 g/mol. The Hall–Kier alpha value is -2.90. The third-order valence-corrected chi connectivity index (χ3v) is 2.47. The summed E-state index contributed by atoms with van der Waals surface area (Å²) in [6.45, 7) is 5.31. The zero-order valence-electron chi connectivity index (χ0n) is 12.4. The summed E-state index contributed by atoms with van der Waals surface area (Å²) in [6.07, 6.45) is 0.712. The number of nitrogens with one attached hydrogen (secondary N) is 1. The summed E-state index contributed by atoms with van der Waals surface area (Å²) in [5.41, 5.74) is 0.308. The minimum atomic E-state index is -1.16. The molecule has 0 spiro atoms. The van der Waals surface area contributed by atoms with Gasteiger partial charge in [-0.15, -0.1) is 5.10 Å². The highest BCUT2D eigenvalue weighted by Crippen LogP contribution is 2.16. The molecule has 0 aliphatic carbocycles. The van der Waals surface area contributed by atoms with Gasteiger partial charge in [0, 0.05) is 5.69 Å². The molecular formula is C14H16N4O4. The average Bonchev–Trinajstić information content (AvgIpc) is 2.86. The Bertz CT molecular complexity index is 703. The fraction of sp³-hybridized carbons (Fsp3) is 0.286. The number of hydrogen-bond donors (Lipinski definition) is 2. The van der Waals surface area contributed by atoms with E-state index in [1.807, 2.05) is 0 Å². The van der Waals surface area contributed by atoms with Crippen LogP contribution in [0.4, 0.5) is 10.5 Å². The van der Waals surface area contributed by atoms with Gasteiger partial charge >= 0.3 is 12.1 Å². The van der Waals surface area contributed by atoms with Crippen LogP contribution >= 0.6 is 0 Å². The van der Waals surface area contributed by atoms with Crippen LogP contribution in [0.5, 0.6) is 0 Å². The predicted octanol–water partition coefficient (Wildman–Crippen LogP) is 2.31. The van der Waals surface area contributed by atoms with Gasteiger partial charge < -0.3 is 9.84 Å². The summed E-state index contributed by atoms with van der Waals surface area (Å²) in [4.78, 5) is 22.5. The second kappa shape index (κ2) is 5.84. The van der Waals surface area contributed by atoms with Crippen LogP contribution in [0.25, 0.3) is 5.69 Å². The molecule has 0 unspecified atom stereocenters. The van der Waals surface area contributed by atoms with Gasteiger partial charge in [0.25, 0.3) is 0 Å². The molecule has 1 amide bonds. The minimum Gasteiger partial charge on any atom is -0.476 e. The quantitative estimate of drug-likeness (QED) is 0.901. The fourth-order valence-electron chi connectivity index (χ4n) is 1.64. The molecule has 0 saturated heterocycles. The molecule has 1 heterocycles. The summed E-state index contributed by atoms with van der Waals surface area (Å²) in [7, 11) is 0. The number of carbonyl (C=O) groups excluding carboxylic acids is 1. The molecule has 2 N–H and O–H groups in total. The number of hydrogen-bond acceptors (Lipinski definition) is 5. The number of aromatic carboxylic acids is 1. The number of carboxylic acid groups (broad SMARTS) is 1. The number of carbonyl (C=O) groups is 2. The standard InChI is InChI=1S/C14H16N4O4/c1-14(2,3)22-13(21)15-9-5-4-6-10(7-9)18-8-11(12(19)20)16-17-18/h4-8H,1-3H3,(H,15,21)(H,19,20). The highest BCUT2D eigenvalue weighted by Gasteiger charge is 2.16. The summed E-state index contributed by atoms with van der Waals surface area (Å²) in [5.74, 6) is -1.16. The summed E-state index contributed by atoms with van der Waals surface area (Å²) < 4.78 is 6.47. The number of carboxylic acids is 1. The van der Waals surface area contributed by atoms with Crippen LogP contribution < -0.4 is 5.32 Å². The highest BCUT2D eigenvalue weighted by atomic mass is 16.6. The van der Waals surface area contributed by atoms with E-state index in [0.29, 0.717) is 11.4 Å². The van der Waals surface area contributed by atoms with E-state index in [1.165, 1.54) is 10.9 Å². The maximum Gasteiger partial charge on any atom is 0.412 e. The fourth-order valence-corrected chi connectivity index (χ4v) is 1.64. The number of amides is 1. The molecule has 0 aliphatic heterocycles. The van der Waals surface area contributed by atoms with Crippen LogP contribution in [0, 0.1) is 0 Å². The lowest BCUT2D eigenvalue weighted by molar-refractivity contribution is 0.0634. The van der Waals surface area contributed by atoms with Crippen LogP contribution in [0.15, 0.2) is 30.5 Å². The van der Waals surface area contributed by atoms with Crippen molar-refractivity contribution < 1.29 is 19.4 Å². The van der Waals surface area contributed by atoms with Crippen molar-refractivity contribution in [2.45, 2.75) is 26.4 Å². The molecule has 2 aromatic rings. The smallest absolute Gasteiger partial charge is 0.412 e. The molecular weight excluding hydrogens is 288 g/mol. The Kier molecular flexibility index (Phi) is 4.11. The van der Waals surface area contributed by atoms with Crippen molar-refractivity contribution in [3.63, 3.8) is 0 Å². The van der Waals surface area contributed by atoms with Gasteiger partial charge in [-0.2, -0.15) is 0 Å². The highest BCUT2D eigenvalue weighted by molar-refractivity contribution is 5.86. The van der Waals surface area contributed by atoms with Gasteiger partial charge in [0.05, 0.1) is 11.9 Å². The van der Waals surface area contributed by atoms with E-state index < -0.39 is 17.7 Å². The van der Waals surface area contributed by atoms with Gasteiger partial charge in [-0.1, -0.05) is 11.3 Å². The summed E-state index contributed by atoms with van der Waals surface area (Å²) in [6, 6.07) is 6.72. The lowest BCUT2D eigenvalue weighted by Crippen LogP contribution is -2.27. The molecule has 8 nitrogen and oxygen atoms in total. The largest absolute Gasteiger partial charge is 0.476 e.